The molecule has 2 amide bonds. The summed E-state index contributed by atoms with van der Waals surface area (Å²) < 4.78 is 0. The van der Waals surface area contributed by atoms with Crippen LogP contribution in [0.25, 0.3) is 0 Å². The molecule has 2 fully saturated rings. The van der Waals surface area contributed by atoms with Gasteiger partial charge in [-0.2, -0.15) is 0 Å². The fraction of sp³-hybridized carbons (Fsp3) is 0.667. The van der Waals surface area contributed by atoms with Crippen LogP contribution < -0.4 is 0 Å². The van der Waals surface area contributed by atoms with Gasteiger partial charge in [-0.25, -0.2) is 0 Å². The third-order valence-corrected chi connectivity index (χ3v) is 4.02. The standard InChI is InChI=1S/C12H15NO2/c1-6(2)13-11(14)9-7-3-4-8(5-7)10(9)12(13)15/h3-4,6-10H,5H2,1-2H3. The molecule has 0 aromatic carbocycles. The summed E-state index contributed by atoms with van der Waals surface area (Å²) >= 11 is 0. The molecule has 0 aromatic rings. The zero-order chi connectivity index (χ0) is 10.7. The lowest BCUT2D eigenvalue weighted by atomic mass is 9.85. The largest absolute Gasteiger partial charge is 0.280 e. The van der Waals surface area contributed by atoms with Crippen LogP contribution in [0.15, 0.2) is 12.2 Å². The van der Waals surface area contributed by atoms with Crippen LogP contribution in [0.3, 0.4) is 0 Å². The molecular weight excluding hydrogens is 190 g/mol. The van der Waals surface area contributed by atoms with Crippen molar-refractivity contribution in [2.24, 2.45) is 23.7 Å². The van der Waals surface area contributed by atoms with Crippen molar-refractivity contribution in [3.63, 3.8) is 0 Å². The molecule has 0 aromatic heterocycles. The molecule has 0 N–H and O–H groups in total. The lowest BCUT2D eigenvalue weighted by Crippen LogP contribution is -2.38. The second kappa shape index (κ2) is 2.71. The highest BCUT2D eigenvalue weighted by atomic mass is 16.2. The zero-order valence-corrected chi connectivity index (χ0v) is 9.01. The average Bonchev–Trinajstić information content (AvgIpc) is 2.79. The van der Waals surface area contributed by atoms with Gasteiger partial charge < -0.3 is 0 Å². The highest BCUT2D eigenvalue weighted by Crippen LogP contribution is 2.52. The molecule has 1 saturated heterocycles. The van der Waals surface area contributed by atoms with Gasteiger partial charge in [0.15, 0.2) is 0 Å². The highest BCUT2D eigenvalue weighted by Gasteiger charge is 2.59. The maximum atomic E-state index is 12.1. The quantitative estimate of drug-likeness (QED) is 0.476. The van der Waals surface area contributed by atoms with Gasteiger partial charge in [-0.05, 0) is 32.1 Å². The highest BCUT2D eigenvalue weighted by molar-refractivity contribution is 6.06. The van der Waals surface area contributed by atoms with Gasteiger partial charge in [0.05, 0.1) is 11.8 Å². The van der Waals surface area contributed by atoms with E-state index in [2.05, 4.69) is 12.2 Å². The molecule has 3 heteroatoms. The van der Waals surface area contributed by atoms with Crippen LogP contribution >= 0.6 is 0 Å². The smallest absolute Gasteiger partial charge is 0.233 e. The topological polar surface area (TPSA) is 37.4 Å². The van der Waals surface area contributed by atoms with Crippen LogP contribution in [-0.2, 0) is 9.59 Å². The van der Waals surface area contributed by atoms with Gasteiger partial charge in [0.1, 0.15) is 0 Å². The molecule has 0 radical (unpaired) electrons. The van der Waals surface area contributed by atoms with Crippen molar-refractivity contribution in [3.05, 3.63) is 12.2 Å². The van der Waals surface area contributed by atoms with Gasteiger partial charge in [-0.3, -0.25) is 14.5 Å². The van der Waals surface area contributed by atoms with E-state index in [0.717, 1.165) is 6.42 Å². The first-order valence-electron chi connectivity index (χ1n) is 5.66. The minimum Gasteiger partial charge on any atom is -0.280 e. The molecule has 0 spiro atoms. The molecule has 1 saturated carbocycles. The summed E-state index contributed by atoms with van der Waals surface area (Å²) in [5.74, 6) is 0.735. The number of fused-ring (bicyclic) bond motifs is 5. The number of allylic oxidation sites excluding steroid dienone is 2. The number of carbonyl (C=O) groups is 2. The predicted molar refractivity (Wildman–Crippen MR) is 54.7 cm³/mol. The van der Waals surface area contributed by atoms with Crippen LogP contribution in [0, 0.1) is 23.7 Å². The first kappa shape index (κ1) is 9.13. The van der Waals surface area contributed by atoms with Crippen molar-refractivity contribution in [1.82, 2.24) is 4.90 Å². The number of carbonyl (C=O) groups excluding carboxylic acids is 2. The normalized spacial score (nSPS) is 42.2. The van der Waals surface area contributed by atoms with Crippen LogP contribution in [0.2, 0.25) is 0 Å². The third kappa shape index (κ3) is 0.959. The molecule has 2 bridgehead atoms. The fourth-order valence-electron chi connectivity index (χ4n) is 3.43. The number of hydrogen-bond acceptors (Lipinski definition) is 2. The molecule has 3 rings (SSSR count). The minimum absolute atomic E-state index is 0.00926. The SMILES string of the molecule is CC(C)N1C(=O)C2C3C=CC(C3)C2C1=O. The zero-order valence-electron chi connectivity index (χ0n) is 9.01. The summed E-state index contributed by atoms with van der Waals surface area (Å²) in [7, 11) is 0. The van der Waals surface area contributed by atoms with Crippen molar-refractivity contribution in [3.8, 4) is 0 Å². The maximum absolute atomic E-state index is 12.1. The molecule has 3 nitrogen and oxygen atoms in total. The average molecular weight is 205 g/mol. The third-order valence-electron chi connectivity index (χ3n) is 4.02. The Morgan fingerprint density at radius 1 is 1.13 bits per heavy atom. The molecule has 1 heterocycles. The van der Waals surface area contributed by atoms with E-state index in [1.807, 2.05) is 13.8 Å². The van der Waals surface area contributed by atoms with E-state index in [1.54, 1.807) is 0 Å². The molecular formula is C12H15NO2. The van der Waals surface area contributed by atoms with E-state index in [4.69, 9.17) is 0 Å². The predicted octanol–water partition coefficient (Wildman–Crippen LogP) is 1.20. The number of nitrogens with zero attached hydrogens (tertiary/aromatic N) is 1. The first-order valence-corrected chi connectivity index (χ1v) is 5.66. The number of hydrogen-bond donors (Lipinski definition) is 0. The van der Waals surface area contributed by atoms with Crippen molar-refractivity contribution in [1.29, 1.82) is 0 Å². The monoisotopic (exact) mass is 205 g/mol. The second-order valence-electron chi connectivity index (χ2n) is 5.14. The Hall–Kier alpha value is -1.12. The Balaban J connectivity index is 2.00. The molecule has 15 heavy (non-hydrogen) atoms. The van der Waals surface area contributed by atoms with Gasteiger partial charge in [-0.15, -0.1) is 0 Å². The Morgan fingerprint density at radius 2 is 1.60 bits per heavy atom. The molecule has 1 aliphatic heterocycles. The number of likely N-dealkylation sites (tertiary alicyclic amines) is 1. The van der Waals surface area contributed by atoms with Gasteiger partial charge in [0, 0.05) is 6.04 Å². The van der Waals surface area contributed by atoms with Crippen LogP contribution in [0.4, 0.5) is 0 Å². The van der Waals surface area contributed by atoms with Gasteiger partial charge in [-0.1, -0.05) is 12.2 Å². The molecule has 4 unspecified atom stereocenters. The summed E-state index contributed by atoms with van der Waals surface area (Å²) in [6.07, 6.45) is 5.26. The summed E-state index contributed by atoms with van der Waals surface area (Å²) in [5, 5.41) is 0. The van der Waals surface area contributed by atoms with E-state index in [-0.39, 0.29) is 29.7 Å². The summed E-state index contributed by atoms with van der Waals surface area (Å²) in [4.78, 5) is 25.7. The maximum Gasteiger partial charge on any atom is 0.233 e. The van der Waals surface area contributed by atoms with Crippen LogP contribution in [-0.4, -0.2) is 22.8 Å². The van der Waals surface area contributed by atoms with Gasteiger partial charge >= 0.3 is 0 Å². The van der Waals surface area contributed by atoms with Crippen LogP contribution in [0.5, 0.6) is 0 Å². The fourth-order valence-corrected chi connectivity index (χ4v) is 3.43. The number of imide groups is 1. The second-order valence-corrected chi connectivity index (χ2v) is 5.14. The van der Waals surface area contributed by atoms with Gasteiger partial charge in [0.25, 0.3) is 0 Å². The Bertz CT molecular complexity index is 342. The van der Waals surface area contributed by atoms with E-state index in [1.165, 1.54) is 4.90 Å². The summed E-state index contributed by atoms with van der Waals surface area (Å²) in [6, 6.07) is 0.00926. The van der Waals surface area contributed by atoms with E-state index < -0.39 is 0 Å². The van der Waals surface area contributed by atoms with Crippen molar-refractivity contribution >= 4 is 11.8 Å². The van der Waals surface area contributed by atoms with Crippen molar-refractivity contribution in [2.45, 2.75) is 26.3 Å². The van der Waals surface area contributed by atoms with E-state index in [9.17, 15) is 9.59 Å². The van der Waals surface area contributed by atoms with Gasteiger partial charge in [0.2, 0.25) is 11.8 Å². The molecule has 80 valence electrons. The molecule has 2 aliphatic carbocycles. The first-order chi connectivity index (χ1) is 7.11. The summed E-state index contributed by atoms with van der Waals surface area (Å²) in [5.41, 5.74) is 0. The van der Waals surface area contributed by atoms with E-state index >= 15 is 0 Å². The van der Waals surface area contributed by atoms with Crippen LogP contribution in [0.1, 0.15) is 20.3 Å². The van der Waals surface area contributed by atoms with E-state index in [0.29, 0.717) is 11.8 Å². The Labute approximate surface area is 89.1 Å². The number of amides is 2. The number of rotatable bonds is 1. The lowest BCUT2D eigenvalue weighted by molar-refractivity contribution is -0.142. The van der Waals surface area contributed by atoms with Crippen molar-refractivity contribution in [2.75, 3.05) is 0 Å². The Morgan fingerprint density at radius 3 is 2.00 bits per heavy atom. The molecule has 4 atom stereocenters. The Kier molecular flexibility index (Phi) is 1.65. The summed E-state index contributed by atoms with van der Waals surface area (Å²) in [6.45, 7) is 3.82. The lowest BCUT2D eigenvalue weighted by Gasteiger charge is -2.20. The minimum atomic E-state index is -0.0325. The molecule has 3 aliphatic rings. The van der Waals surface area contributed by atoms with Crippen molar-refractivity contribution < 1.29 is 9.59 Å².